The SMILES string of the molecule is CCOP(CCSc1nonc1/C(=N/O)Nc1ccc(F)c(Br)c1)OCC. The van der Waals surface area contributed by atoms with Gasteiger partial charge in [-0.05, 0) is 58.3 Å². The number of oxime groups is 1. The average Bonchev–Trinajstić information content (AvgIpc) is 3.11. The van der Waals surface area contributed by atoms with Crippen LogP contribution in [0.5, 0.6) is 0 Å². The first-order valence-corrected chi connectivity index (χ1v) is 11.2. The van der Waals surface area contributed by atoms with E-state index < -0.39 is 14.2 Å². The molecule has 148 valence electrons. The Morgan fingerprint density at radius 3 is 2.74 bits per heavy atom. The van der Waals surface area contributed by atoms with E-state index in [0.29, 0.717) is 35.8 Å². The molecular weight excluding hydrogens is 462 g/mol. The van der Waals surface area contributed by atoms with Crippen LogP contribution in [-0.2, 0) is 9.05 Å². The summed E-state index contributed by atoms with van der Waals surface area (Å²) in [5.74, 6) is 0.296. The molecule has 0 fully saturated rings. The number of anilines is 1. The van der Waals surface area contributed by atoms with Gasteiger partial charge >= 0.3 is 0 Å². The Hall–Kier alpha value is -1.26. The first-order chi connectivity index (χ1) is 13.1. The minimum absolute atomic E-state index is 0.0362. The standard InChI is InChI=1S/C15H19BrFN4O4PS/c1-3-23-26(24-4-2)7-8-27-15-13(20-25-21-15)14(19-22)18-10-5-6-12(17)11(16)9-10/h5-6,9,22H,3-4,7-8H2,1-2H3,(H,18,19). The summed E-state index contributed by atoms with van der Waals surface area (Å²) in [6.45, 7) is 5.02. The first kappa shape index (κ1) is 22.0. The van der Waals surface area contributed by atoms with Crippen LogP contribution in [0.1, 0.15) is 19.5 Å². The Morgan fingerprint density at radius 1 is 1.37 bits per heavy atom. The average molecular weight is 481 g/mol. The molecule has 12 heteroatoms. The fourth-order valence-corrected chi connectivity index (χ4v) is 4.73. The van der Waals surface area contributed by atoms with Crippen molar-refractivity contribution >= 4 is 47.6 Å². The number of halogens is 2. The highest BCUT2D eigenvalue weighted by atomic mass is 79.9. The number of amidine groups is 1. The summed E-state index contributed by atoms with van der Waals surface area (Å²) in [5.41, 5.74) is 0.756. The fraction of sp³-hybridized carbons (Fsp3) is 0.400. The normalized spacial score (nSPS) is 12.0. The Bertz CT molecular complexity index is 761. The molecule has 2 aromatic rings. The van der Waals surface area contributed by atoms with Gasteiger partial charge in [0.2, 0.25) is 5.84 Å². The van der Waals surface area contributed by atoms with Gasteiger partial charge in [0, 0.05) is 17.6 Å². The molecule has 0 atom stereocenters. The molecule has 2 N–H and O–H groups in total. The summed E-state index contributed by atoms with van der Waals surface area (Å²) in [6.07, 6.45) is 0.706. The molecule has 1 aromatic carbocycles. The Labute approximate surface area is 169 Å². The summed E-state index contributed by atoms with van der Waals surface area (Å²) in [7, 11) is -0.953. The van der Waals surface area contributed by atoms with Crippen molar-refractivity contribution in [3.63, 3.8) is 0 Å². The molecule has 0 spiro atoms. The van der Waals surface area contributed by atoms with Gasteiger partial charge in [-0.3, -0.25) is 0 Å². The van der Waals surface area contributed by atoms with Crippen LogP contribution in [0.25, 0.3) is 0 Å². The molecule has 0 saturated heterocycles. The highest BCUT2D eigenvalue weighted by molar-refractivity contribution is 9.10. The summed E-state index contributed by atoms with van der Waals surface area (Å²) in [6, 6.07) is 4.29. The van der Waals surface area contributed by atoms with E-state index >= 15 is 0 Å². The van der Waals surface area contributed by atoms with Crippen molar-refractivity contribution in [3.05, 3.63) is 34.2 Å². The third kappa shape index (κ3) is 6.69. The third-order valence-corrected chi connectivity index (χ3v) is 6.56. The van der Waals surface area contributed by atoms with Crippen molar-refractivity contribution in [1.29, 1.82) is 0 Å². The number of benzene rings is 1. The van der Waals surface area contributed by atoms with Gasteiger partial charge in [-0.2, -0.15) is 0 Å². The van der Waals surface area contributed by atoms with Gasteiger partial charge in [0.15, 0.2) is 19.1 Å². The largest absolute Gasteiger partial charge is 0.409 e. The zero-order chi connectivity index (χ0) is 19.6. The van der Waals surface area contributed by atoms with Crippen molar-refractivity contribution in [3.8, 4) is 0 Å². The topological polar surface area (TPSA) is 102 Å². The number of rotatable bonds is 10. The summed E-state index contributed by atoms with van der Waals surface area (Å²) < 4.78 is 29.5. The van der Waals surface area contributed by atoms with E-state index in [1.54, 1.807) is 0 Å². The van der Waals surface area contributed by atoms with Gasteiger partial charge in [0.1, 0.15) is 5.82 Å². The minimum Gasteiger partial charge on any atom is -0.409 e. The number of hydrogen-bond donors (Lipinski definition) is 2. The van der Waals surface area contributed by atoms with Crippen LogP contribution in [-0.4, -0.2) is 46.5 Å². The van der Waals surface area contributed by atoms with E-state index in [4.69, 9.17) is 13.7 Å². The Balaban J connectivity index is 2.01. The van der Waals surface area contributed by atoms with Crippen LogP contribution in [0, 0.1) is 5.82 Å². The lowest BCUT2D eigenvalue weighted by Gasteiger charge is -2.14. The molecule has 0 unspecified atom stereocenters. The quantitative estimate of drug-likeness (QED) is 0.126. The number of nitrogens with one attached hydrogen (secondary N) is 1. The second kappa shape index (κ2) is 11.6. The van der Waals surface area contributed by atoms with Crippen LogP contribution < -0.4 is 5.32 Å². The molecule has 0 aliphatic carbocycles. The van der Waals surface area contributed by atoms with Gasteiger partial charge in [0.25, 0.3) is 0 Å². The van der Waals surface area contributed by atoms with Crippen LogP contribution in [0.15, 0.2) is 37.5 Å². The van der Waals surface area contributed by atoms with Crippen LogP contribution in [0.4, 0.5) is 10.1 Å². The molecule has 1 aromatic heterocycles. The zero-order valence-electron chi connectivity index (χ0n) is 14.7. The minimum atomic E-state index is -0.953. The van der Waals surface area contributed by atoms with Crippen LogP contribution >= 0.6 is 36.1 Å². The maximum Gasteiger partial charge on any atom is 0.202 e. The number of hydrogen-bond acceptors (Lipinski definition) is 8. The van der Waals surface area contributed by atoms with E-state index in [-0.39, 0.29) is 16.0 Å². The van der Waals surface area contributed by atoms with Crippen LogP contribution in [0.3, 0.4) is 0 Å². The summed E-state index contributed by atoms with van der Waals surface area (Å²) in [4.78, 5) is 0. The second-order valence-electron chi connectivity index (χ2n) is 4.86. The van der Waals surface area contributed by atoms with Gasteiger partial charge in [-0.1, -0.05) is 16.9 Å². The molecule has 0 bridgehead atoms. The molecule has 0 saturated carbocycles. The van der Waals surface area contributed by atoms with Gasteiger partial charge in [-0.25, -0.2) is 9.02 Å². The van der Waals surface area contributed by atoms with E-state index in [2.05, 4.69) is 36.7 Å². The molecule has 1 heterocycles. The highest BCUT2D eigenvalue weighted by Crippen LogP contribution is 2.39. The number of aromatic nitrogens is 2. The van der Waals surface area contributed by atoms with Crippen LogP contribution in [0.2, 0.25) is 0 Å². The maximum atomic E-state index is 13.4. The van der Waals surface area contributed by atoms with Crippen molar-refractivity contribution in [2.75, 3.05) is 30.4 Å². The molecule has 8 nitrogen and oxygen atoms in total. The first-order valence-electron chi connectivity index (χ1n) is 8.02. The number of thioether (sulfide) groups is 1. The van der Waals surface area contributed by atoms with E-state index in [9.17, 15) is 9.60 Å². The van der Waals surface area contributed by atoms with Crippen molar-refractivity contribution < 1.29 is 23.3 Å². The smallest absolute Gasteiger partial charge is 0.202 e. The van der Waals surface area contributed by atoms with E-state index in [0.717, 1.165) is 0 Å². The highest BCUT2D eigenvalue weighted by Gasteiger charge is 2.19. The third-order valence-electron chi connectivity index (χ3n) is 3.02. The van der Waals surface area contributed by atoms with Crippen molar-refractivity contribution in [2.45, 2.75) is 18.9 Å². The van der Waals surface area contributed by atoms with Gasteiger partial charge in [0.05, 0.1) is 17.7 Å². The molecule has 0 amide bonds. The number of nitrogens with zero attached hydrogens (tertiary/aromatic N) is 3. The predicted octanol–water partition coefficient (Wildman–Crippen LogP) is 4.70. The van der Waals surface area contributed by atoms with Gasteiger partial charge in [-0.15, -0.1) is 0 Å². The Morgan fingerprint density at radius 2 is 2.11 bits per heavy atom. The zero-order valence-corrected chi connectivity index (χ0v) is 18.0. The second-order valence-corrected chi connectivity index (χ2v) is 8.43. The van der Waals surface area contributed by atoms with E-state index in [1.165, 1.54) is 30.0 Å². The predicted molar refractivity (Wildman–Crippen MR) is 106 cm³/mol. The lowest BCUT2D eigenvalue weighted by molar-refractivity contribution is 0.270. The Kier molecular flexibility index (Phi) is 9.43. The summed E-state index contributed by atoms with van der Waals surface area (Å²) in [5, 5.41) is 23.5. The van der Waals surface area contributed by atoms with Crippen molar-refractivity contribution in [1.82, 2.24) is 10.3 Å². The molecule has 0 radical (unpaired) electrons. The lowest BCUT2D eigenvalue weighted by Crippen LogP contribution is -2.15. The lowest BCUT2D eigenvalue weighted by atomic mass is 10.3. The fourth-order valence-electron chi connectivity index (χ4n) is 1.93. The molecule has 0 aliphatic heterocycles. The van der Waals surface area contributed by atoms with Crippen molar-refractivity contribution in [2.24, 2.45) is 5.16 Å². The molecular formula is C15H19BrFN4O4PS. The maximum absolute atomic E-state index is 13.4. The monoisotopic (exact) mass is 480 g/mol. The summed E-state index contributed by atoms with van der Waals surface area (Å²) >= 11 is 4.49. The molecule has 2 rings (SSSR count). The molecule has 27 heavy (non-hydrogen) atoms. The van der Waals surface area contributed by atoms with Gasteiger partial charge < -0.3 is 19.6 Å². The van der Waals surface area contributed by atoms with E-state index in [1.807, 2.05) is 13.8 Å². The molecule has 0 aliphatic rings.